The van der Waals surface area contributed by atoms with Crippen molar-refractivity contribution < 1.29 is 13.9 Å². The molecule has 1 aliphatic rings. The van der Waals surface area contributed by atoms with Crippen molar-refractivity contribution in [3.05, 3.63) is 35.1 Å². The van der Waals surface area contributed by atoms with Crippen LogP contribution in [0.1, 0.15) is 24.1 Å². The lowest BCUT2D eigenvalue weighted by molar-refractivity contribution is -0.146. The normalized spacial score (nSPS) is 19.0. The highest BCUT2D eigenvalue weighted by Crippen LogP contribution is 2.24. The van der Waals surface area contributed by atoms with Gasteiger partial charge in [-0.2, -0.15) is 0 Å². The minimum atomic E-state index is -0.454. The molecule has 86 valence electrons. The second kappa shape index (κ2) is 4.61. The summed E-state index contributed by atoms with van der Waals surface area (Å²) in [6.07, 6.45) is 0.739. The van der Waals surface area contributed by atoms with Gasteiger partial charge in [-0.3, -0.25) is 0 Å². The Morgan fingerprint density at radius 2 is 2.44 bits per heavy atom. The van der Waals surface area contributed by atoms with Crippen LogP contribution in [0.15, 0.2) is 18.2 Å². The zero-order valence-electron chi connectivity index (χ0n) is 9.13. The first-order valence-corrected chi connectivity index (χ1v) is 5.40. The van der Waals surface area contributed by atoms with Gasteiger partial charge < -0.3 is 10.1 Å². The van der Waals surface area contributed by atoms with E-state index in [0.717, 1.165) is 17.5 Å². The van der Waals surface area contributed by atoms with Crippen molar-refractivity contribution in [3.8, 4) is 0 Å². The predicted molar refractivity (Wildman–Crippen MR) is 57.5 cm³/mol. The number of esters is 1. The van der Waals surface area contributed by atoms with Crippen molar-refractivity contribution in [2.24, 2.45) is 0 Å². The van der Waals surface area contributed by atoms with Crippen LogP contribution in [0.2, 0.25) is 0 Å². The summed E-state index contributed by atoms with van der Waals surface area (Å²) in [5.74, 6) is -0.557. The molecule has 0 saturated carbocycles. The van der Waals surface area contributed by atoms with E-state index in [1.54, 1.807) is 13.0 Å². The van der Waals surface area contributed by atoms with Gasteiger partial charge >= 0.3 is 5.97 Å². The maximum absolute atomic E-state index is 13.0. The van der Waals surface area contributed by atoms with Crippen LogP contribution in [0.3, 0.4) is 0 Å². The highest BCUT2D eigenvalue weighted by Gasteiger charge is 2.27. The Bertz CT molecular complexity index is 406. The van der Waals surface area contributed by atoms with Crippen molar-refractivity contribution in [1.82, 2.24) is 5.32 Å². The largest absolute Gasteiger partial charge is 0.465 e. The quantitative estimate of drug-likeness (QED) is 0.773. The lowest BCUT2D eigenvalue weighted by Crippen LogP contribution is -2.36. The number of fused-ring (bicyclic) bond motifs is 1. The lowest BCUT2D eigenvalue weighted by atomic mass is 9.94. The van der Waals surface area contributed by atoms with Crippen LogP contribution in [0, 0.1) is 5.82 Å². The van der Waals surface area contributed by atoms with Gasteiger partial charge in [0.25, 0.3) is 0 Å². The van der Waals surface area contributed by atoms with Gasteiger partial charge in [0.15, 0.2) is 0 Å². The predicted octanol–water partition coefficient (Wildman–Crippen LogP) is 1.58. The summed E-state index contributed by atoms with van der Waals surface area (Å²) in [4.78, 5) is 11.7. The average Bonchev–Trinajstić information content (AvgIpc) is 2.28. The Balaban J connectivity index is 2.29. The Morgan fingerprint density at radius 1 is 1.62 bits per heavy atom. The number of benzene rings is 1. The molecule has 1 heterocycles. The number of hydrogen-bond acceptors (Lipinski definition) is 3. The minimum Gasteiger partial charge on any atom is -0.465 e. The third kappa shape index (κ3) is 2.07. The fraction of sp³-hybridized carbons (Fsp3) is 0.417. The third-order valence-corrected chi connectivity index (χ3v) is 2.68. The van der Waals surface area contributed by atoms with Crippen molar-refractivity contribution >= 4 is 5.97 Å². The first-order chi connectivity index (χ1) is 7.72. The van der Waals surface area contributed by atoms with Gasteiger partial charge in [0, 0.05) is 6.54 Å². The third-order valence-electron chi connectivity index (χ3n) is 2.68. The van der Waals surface area contributed by atoms with Crippen LogP contribution in [-0.4, -0.2) is 19.1 Å². The molecule has 1 aromatic rings. The monoisotopic (exact) mass is 223 g/mol. The highest BCUT2D eigenvalue weighted by atomic mass is 19.1. The van der Waals surface area contributed by atoms with Crippen molar-refractivity contribution in [2.45, 2.75) is 19.4 Å². The van der Waals surface area contributed by atoms with E-state index in [4.69, 9.17) is 4.74 Å². The molecule has 0 aromatic heterocycles. The molecule has 0 saturated heterocycles. The first-order valence-electron chi connectivity index (χ1n) is 5.40. The van der Waals surface area contributed by atoms with E-state index < -0.39 is 6.04 Å². The highest BCUT2D eigenvalue weighted by molar-refractivity contribution is 5.78. The maximum Gasteiger partial charge on any atom is 0.327 e. The van der Waals surface area contributed by atoms with E-state index in [2.05, 4.69) is 5.32 Å². The number of carbonyl (C=O) groups is 1. The Kier molecular flexibility index (Phi) is 3.19. The zero-order valence-corrected chi connectivity index (χ0v) is 9.13. The van der Waals surface area contributed by atoms with Crippen molar-refractivity contribution in [3.63, 3.8) is 0 Å². The molecule has 16 heavy (non-hydrogen) atoms. The van der Waals surface area contributed by atoms with Gasteiger partial charge in [-0.1, -0.05) is 6.07 Å². The molecule has 1 aliphatic heterocycles. The van der Waals surface area contributed by atoms with Gasteiger partial charge in [-0.25, -0.2) is 9.18 Å². The molecule has 4 heteroatoms. The summed E-state index contributed by atoms with van der Waals surface area (Å²) in [6.45, 7) is 2.79. The van der Waals surface area contributed by atoms with Crippen LogP contribution in [0.4, 0.5) is 4.39 Å². The van der Waals surface area contributed by atoms with Crippen molar-refractivity contribution in [2.75, 3.05) is 13.2 Å². The second-order valence-electron chi connectivity index (χ2n) is 3.73. The standard InChI is InChI=1S/C12H14FNO2/c1-2-16-12(15)11-10-4-3-9(13)7-8(10)5-6-14-11/h3-4,7,11,14H,2,5-6H2,1H3/t11-/m1/s1. The Hall–Kier alpha value is -1.42. The van der Waals surface area contributed by atoms with Crippen LogP contribution >= 0.6 is 0 Å². The molecule has 3 nitrogen and oxygen atoms in total. The molecule has 0 fully saturated rings. The van der Waals surface area contributed by atoms with Crippen LogP contribution in [0.5, 0.6) is 0 Å². The fourth-order valence-electron chi connectivity index (χ4n) is 1.97. The van der Waals surface area contributed by atoms with Crippen LogP contribution < -0.4 is 5.32 Å². The van der Waals surface area contributed by atoms with E-state index in [1.165, 1.54) is 12.1 Å². The molecule has 0 amide bonds. The summed E-state index contributed by atoms with van der Waals surface area (Å²) >= 11 is 0. The topological polar surface area (TPSA) is 38.3 Å². The van der Waals surface area contributed by atoms with E-state index >= 15 is 0 Å². The van der Waals surface area contributed by atoms with E-state index in [1.807, 2.05) is 0 Å². The Morgan fingerprint density at radius 3 is 3.19 bits per heavy atom. The Labute approximate surface area is 93.6 Å². The molecule has 0 bridgehead atoms. The van der Waals surface area contributed by atoms with E-state index in [9.17, 15) is 9.18 Å². The molecule has 1 aromatic carbocycles. The number of halogens is 1. The molecule has 1 N–H and O–H groups in total. The summed E-state index contributed by atoms with van der Waals surface area (Å²) in [7, 11) is 0. The fourth-order valence-corrected chi connectivity index (χ4v) is 1.97. The molecule has 0 spiro atoms. The molecule has 0 unspecified atom stereocenters. The maximum atomic E-state index is 13.0. The first kappa shape index (κ1) is 11.1. The summed E-state index contributed by atoms with van der Waals surface area (Å²) in [6, 6.07) is 4.06. The van der Waals surface area contributed by atoms with Gasteiger partial charge in [0.05, 0.1) is 6.61 Å². The number of rotatable bonds is 2. The molecule has 1 atom stereocenters. The number of nitrogens with one attached hydrogen (secondary N) is 1. The van der Waals surface area contributed by atoms with Gasteiger partial charge in [-0.15, -0.1) is 0 Å². The molecule has 0 aliphatic carbocycles. The van der Waals surface area contributed by atoms with Crippen molar-refractivity contribution in [1.29, 1.82) is 0 Å². The summed E-state index contributed by atoms with van der Waals surface area (Å²) < 4.78 is 18.0. The summed E-state index contributed by atoms with van der Waals surface area (Å²) in [5, 5.41) is 3.08. The average molecular weight is 223 g/mol. The van der Waals surface area contributed by atoms with Gasteiger partial charge in [0.1, 0.15) is 11.9 Å². The molecule has 2 rings (SSSR count). The smallest absolute Gasteiger partial charge is 0.327 e. The van der Waals surface area contributed by atoms with Gasteiger partial charge in [-0.05, 0) is 36.6 Å². The number of hydrogen-bond donors (Lipinski definition) is 1. The minimum absolute atomic E-state index is 0.261. The van der Waals surface area contributed by atoms with Crippen LogP contribution in [-0.2, 0) is 16.0 Å². The molecular formula is C12H14FNO2. The number of carbonyl (C=O) groups excluding carboxylic acids is 1. The molecular weight excluding hydrogens is 209 g/mol. The van der Waals surface area contributed by atoms with Crippen LogP contribution in [0.25, 0.3) is 0 Å². The van der Waals surface area contributed by atoms with E-state index in [-0.39, 0.29) is 11.8 Å². The van der Waals surface area contributed by atoms with E-state index in [0.29, 0.717) is 13.2 Å². The SMILES string of the molecule is CCOC(=O)[C@@H]1NCCc2cc(F)ccc21. The van der Waals surface area contributed by atoms with Gasteiger partial charge in [0.2, 0.25) is 0 Å². The number of ether oxygens (including phenoxy) is 1. The second-order valence-corrected chi connectivity index (χ2v) is 3.73. The molecule has 0 radical (unpaired) electrons. The lowest BCUT2D eigenvalue weighted by Gasteiger charge is -2.25. The summed E-state index contributed by atoms with van der Waals surface area (Å²) in [5.41, 5.74) is 1.71. The zero-order chi connectivity index (χ0) is 11.5.